The predicted molar refractivity (Wildman–Crippen MR) is 74.6 cm³/mol. The lowest BCUT2D eigenvalue weighted by molar-refractivity contribution is 0.0899. The number of hydrogen-bond acceptors (Lipinski definition) is 3. The summed E-state index contributed by atoms with van der Waals surface area (Å²) in [6, 6.07) is 10.1. The number of benzene rings is 1. The van der Waals surface area contributed by atoms with Crippen LogP contribution in [0.25, 0.3) is 0 Å². The van der Waals surface area contributed by atoms with E-state index >= 15 is 0 Å². The summed E-state index contributed by atoms with van der Waals surface area (Å²) in [7, 11) is 1.71. The molecule has 1 rings (SSSR count). The van der Waals surface area contributed by atoms with Crippen molar-refractivity contribution < 1.29 is 9.84 Å². The SMILES string of the molecule is COCCCCC(CN)(c1ccccc1)C(C)O. The molecule has 3 nitrogen and oxygen atoms in total. The van der Waals surface area contributed by atoms with E-state index in [-0.39, 0.29) is 5.41 Å². The van der Waals surface area contributed by atoms with E-state index in [1.807, 2.05) is 25.1 Å². The maximum absolute atomic E-state index is 10.2. The van der Waals surface area contributed by atoms with Gasteiger partial charge in [0.2, 0.25) is 0 Å². The van der Waals surface area contributed by atoms with E-state index in [9.17, 15) is 5.11 Å². The molecule has 102 valence electrons. The molecule has 2 unspecified atom stereocenters. The van der Waals surface area contributed by atoms with Crippen molar-refractivity contribution in [1.29, 1.82) is 0 Å². The largest absolute Gasteiger partial charge is 0.392 e. The van der Waals surface area contributed by atoms with Crippen LogP contribution in [0, 0.1) is 0 Å². The van der Waals surface area contributed by atoms with Crippen LogP contribution in [0.4, 0.5) is 0 Å². The Morgan fingerprint density at radius 3 is 2.44 bits per heavy atom. The highest BCUT2D eigenvalue weighted by Crippen LogP contribution is 2.32. The second-order valence-corrected chi connectivity index (χ2v) is 4.85. The Balaban J connectivity index is 2.82. The molecule has 0 heterocycles. The zero-order valence-corrected chi connectivity index (χ0v) is 11.4. The first-order chi connectivity index (χ1) is 8.67. The van der Waals surface area contributed by atoms with Gasteiger partial charge in [-0.05, 0) is 25.3 Å². The highest BCUT2D eigenvalue weighted by molar-refractivity contribution is 5.27. The zero-order valence-electron chi connectivity index (χ0n) is 11.4. The zero-order chi connectivity index (χ0) is 13.4. The molecular formula is C15H25NO2. The molecule has 0 aliphatic carbocycles. The number of methoxy groups -OCH3 is 1. The third kappa shape index (κ3) is 3.55. The van der Waals surface area contributed by atoms with Gasteiger partial charge in [0.1, 0.15) is 0 Å². The Kier molecular flexibility index (Phi) is 6.33. The molecule has 0 aromatic heterocycles. The van der Waals surface area contributed by atoms with Gasteiger partial charge in [-0.1, -0.05) is 36.8 Å². The number of nitrogens with two attached hydrogens (primary N) is 1. The fourth-order valence-electron chi connectivity index (χ4n) is 2.44. The first-order valence-electron chi connectivity index (χ1n) is 6.60. The molecule has 0 aliphatic heterocycles. The first-order valence-corrected chi connectivity index (χ1v) is 6.60. The monoisotopic (exact) mass is 251 g/mol. The molecular weight excluding hydrogens is 226 g/mol. The molecule has 1 aromatic rings. The van der Waals surface area contributed by atoms with Gasteiger partial charge in [0.25, 0.3) is 0 Å². The molecule has 0 spiro atoms. The van der Waals surface area contributed by atoms with Crippen LogP contribution in [0.15, 0.2) is 30.3 Å². The Bertz CT molecular complexity index is 327. The maximum atomic E-state index is 10.2. The minimum Gasteiger partial charge on any atom is -0.392 e. The van der Waals surface area contributed by atoms with Gasteiger partial charge in [0, 0.05) is 25.7 Å². The summed E-state index contributed by atoms with van der Waals surface area (Å²) in [5.41, 5.74) is 6.75. The van der Waals surface area contributed by atoms with Gasteiger partial charge in [-0.15, -0.1) is 0 Å². The summed E-state index contributed by atoms with van der Waals surface area (Å²) < 4.78 is 5.06. The Morgan fingerprint density at radius 1 is 1.28 bits per heavy atom. The smallest absolute Gasteiger partial charge is 0.0620 e. The number of unbranched alkanes of at least 4 members (excludes halogenated alkanes) is 1. The molecule has 3 N–H and O–H groups in total. The summed E-state index contributed by atoms with van der Waals surface area (Å²) in [6.45, 7) is 3.05. The van der Waals surface area contributed by atoms with E-state index in [0.717, 1.165) is 31.4 Å². The Hall–Kier alpha value is -0.900. The quantitative estimate of drug-likeness (QED) is 0.696. The van der Waals surface area contributed by atoms with Gasteiger partial charge < -0.3 is 15.6 Å². The number of rotatable bonds is 8. The van der Waals surface area contributed by atoms with Crippen LogP contribution < -0.4 is 5.73 Å². The third-order valence-corrected chi connectivity index (χ3v) is 3.73. The lowest BCUT2D eigenvalue weighted by Gasteiger charge is -2.36. The van der Waals surface area contributed by atoms with Gasteiger partial charge in [0.15, 0.2) is 0 Å². The van der Waals surface area contributed by atoms with Crippen molar-refractivity contribution in [3.63, 3.8) is 0 Å². The summed E-state index contributed by atoms with van der Waals surface area (Å²) >= 11 is 0. The molecule has 1 aromatic carbocycles. The van der Waals surface area contributed by atoms with Crippen molar-refractivity contribution in [2.75, 3.05) is 20.3 Å². The highest BCUT2D eigenvalue weighted by atomic mass is 16.5. The van der Waals surface area contributed by atoms with E-state index in [1.54, 1.807) is 7.11 Å². The Morgan fingerprint density at radius 2 is 1.94 bits per heavy atom. The van der Waals surface area contributed by atoms with Crippen molar-refractivity contribution in [2.24, 2.45) is 5.73 Å². The van der Waals surface area contributed by atoms with Crippen molar-refractivity contribution in [1.82, 2.24) is 0 Å². The minimum atomic E-state index is -0.451. The fraction of sp³-hybridized carbons (Fsp3) is 0.600. The van der Waals surface area contributed by atoms with E-state index in [4.69, 9.17) is 10.5 Å². The molecule has 3 heteroatoms. The van der Waals surface area contributed by atoms with E-state index in [1.165, 1.54) is 0 Å². The second kappa shape index (κ2) is 7.52. The number of ether oxygens (including phenoxy) is 1. The Labute approximate surface area is 110 Å². The van der Waals surface area contributed by atoms with Crippen LogP contribution in [0.3, 0.4) is 0 Å². The molecule has 0 saturated carbocycles. The lowest BCUT2D eigenvalue weighted by Crippen LogP contribution is -2.44. The van der Waals surface area contributed by atoms with Crippen LogP contribution in [0.1, 0.15) is 31.7 Å². The van der Waals surface area contributed by atoms with E-state index < -0.39 is 6.10 Å². The molecule has 0 saturated heterocycles. The number of aliphatic hydroxyl groups excluding tert-OH is 1. The molecule has 18 heavy (non-hydrogen) atoms. The predicted octanol–water partition coefficient (Wildman–Crippen LogP) is 2.08. The molecule has 0 bridgehead atoms. The van der Waals surface area contributed by atoms with Crippen molar-refractivity contribution >= 4 is 0 Å². The molecule has 0 amide bonds. The molecule has 0 aliphatic rings. The summed E-state index contributed by atoms with van der Waals surface area (Å²) in [6.07, 6.45) is 2.43. The van der Waals surface area contributed by atoms with Crippen molar-refractivity contribution in [3.8, 4) is 0 Å². The summed E-state index contributed by atoms with van der Waals surface area (Å²) in [5, 5.41) is 10.2. The van der Waals surface area contributed by atoms with Gasteiger partial charge in [-0.25, -0.2) is 0 Å². The fourth-order valence-corrected chi connectivity index (χ4v) is 2.44. The lowest BCUT2D eigenvalue weighted by atomic mass is 9.72. The summed E-state index contributed by atoms with van der Waals surface area (Å²) in [4.78, 5) is 0. The van der Waals surface area contributed by atoms with Crippen LogP contribution in [-0.2, 0) is 10.2 Å². The first kappa shape index (κ1) is 15.2. The number of aliphatic hydroxyl groups is 1. The van der Waals surface area contributed by atoms with Crippen LogP contribution in [0.2, 0.25) is 0 Å². The van der Waals surface area contributed by atoms with Crippen molar-refractivity contribution in [3.05, 3.63) is 35.9 Å². The highest BCUT2D eigenvalue weighted by Gasteiger charge is 2.35. The molecule has 2 atom stereocenters. The van der Waals surface area contributed by atoms with Crippen molar-refractivity contribution in [2.45, 2.75) is 37.7 Å². The minimum absolute atomic E-state index is 0.338. The summed E-state index contributed by atoms with van der Waals surface area (Å²) in [5.74, 6) is 0. The van der Waals surface area contributed by atoms with Gasteiger partial charge in [0.05, 0.1) is 6.10 Å². The van der Waals surface area contributed by atoms with Gasteiger partial charge in [-0.2, -0.15) is 0 Å². The second-order valence-electron chi connectivity index (χ2n) is 4.85. The van der Waals surface area contributed by atoms with E-state index in [2.05, 4.69) is 12.1 Å². The average molecular weight is 251 g/mol. The van der Waals surface area contributed by atoms with Crippen LogP contribution in [0.5, 0.6) is 0 Å². The molecule has 0 radical (unpaired) electrons. The van der Waals surface area contributed by atoms with Crippen LogP contribution >= 0.6 is 0 Å². The van der Waals surface area contributed by atoms with Gasteiger partial charge >= 0.3 is 0 Å². The number of hydrogen-bond donors (Lipinski definition) is 2. The molecule has 0 fully saturated rings. The van der Waals surface area contributed by atoms with Crippen LogP contribution in [-0.4, -0.2) is 31.5 Å². The van der Waals surface area contributed by atoms with E-state index in [0.29, 0.717) is 6.54 Å². The third-order valence-electron chi connectivity index (χ3n) is 3.73. The maximum Gasteiger partial charge on any atom is 0.0620 e. The normalized spacial score (nSPS) is 16.2. The average Bonchev–Trinajstić information content (AvgIpc) is 2.40. The standard InChI is InChI=1S/C15H25NO2/c1-13(17)15(12-16,10-6-7-11-18-2)14-8-4-3-5-9-14/h3-5,8-9,13,17H,6-7,10-12,16H2,1-2H3. The topological polar surface area (TPSA) is 55.5 Å². The van der Waals surface area contributed by atoms with Gasteiger partial charge in [-0.3, -0.25) is 0 Å².